The predicted octanol–water partition coefficient (Wildman–Crippen LogP) is 3.22. The third-order valence-electron chi connectivity index (χ3n) is 2.21. The predicted molar refractivity (Wildman–Crippen MR) is 60.8 cm³/mol. The summed E-state index contributed by atoms with van der Waals surface area (Å²) in [5.41, 5.74) is 0.218. The van der Waals surface area contributed by atoms with E-state index < -0.39 is 17.5 Å². The van der Waals surface area contributed by atoms with Gasteiger partial charge in [0.05, 0.1) is 5.69 Å². The highest BCUT2D eigenvalue weighted by atomic mass is 19.1. The molecular weight excluding hydrogens is 224 g/mol. The number of hydrogen-bond acceptors (Lipinski definition) is 1. The van der Waals surface area contributed by atoms with Gasteiger partial charge in [-0.1, -0.05) is 18.2 Å². The fraction of sp³-hybridized carbons (Fsp3) is 0. The average molecular weight is 233 g/mol. The van der Waals surface area contributed by atoms with Crippen molar-refractivity contribution < 1.29 is 13.6 Å². The molecule has 0 aromatic heterocycles. The summed E-state index contributed by atoms with van der Waals surface area (Å²) in [7, 11) is 0. The quantitative estimate of drug-likeness (QED) is 0.847. The fourth-order valence-electron chi connectivity index (χ4n) is 1.38. The number of carbonyl (C=O) groups is 1. The molecule has 1 amide bonds. The molecule has 0 saturated carbocycles. The Labute approximate surface area is 96.9 Å². The first kappa shape index (κ1) is 11.3. The van der Waals surface area contributed by atoms with Gasteiger partial charge in [-0.2, -0.15) is 0 Å². The molecule has 86 valence electrons. The summed E-state index contributed by atoms with van der Waals surface area (Å²) in [6.45, 7) is 0. The molecule has 0 aliphatic carbocycles. The summed E-state index contributed by atoms with van der Waals surface area (Å²) in [4.78, 5) is 11.7. The van der Waals surface area contributed by atoms with Gasteiger partial charge in [-0.25, -0.2) is 8.78 Å². The minimum atomic E-state index is -0.671. The summed E-state index contributed by atoms with van der Waals surface area (Å²) in [5.74, 6) is -1.75. The van der Waals surface area contributed by atoms with Gasteiger partial charge in [-0.3, -0.25) is 4.79 Å². The van der Waals surface area contributed by atoms with Crippen molar-refractivity contribution in [2.24, 2.45) is 0 Å². The molecule has 0 unspecified atom stereocenters. The highest BCUT2D eigenvalue weighted by molar-refractivity contribution is 6.04. The summed E-state index contributed by atoms with van der Waals surface area (Å²) in [6, 6.07) is 11.2. The smallest absolute Gasteiger partial charge is 0.255 e. The van der Waals surface area contributed by atoms with Crippen LogP contribution in [0, 0.1) is 11.6 Å². The molecule has 0 aliphatic heterocycles. The molecule has 0 saturated heterocycles. The van der Waals surface area contributed by atoms with Gasteiger partial charge >= 0.3 is 0 Å². The van der Waals surface area contributed by atoms with E-state index in [1.807, 2.05) is 0 Å². The van der Waals surface area contributed by atoms with Crippen molar-refractivity contribution in [3.05, 3.63) is 65.7 Å². The highest BCUT2D eigenvalue weighted by Crippen LogP contribution is 2.16. The maximum Gasteiger partial charge on any atom is 0.255 e. The molecule has 0 aliphatic rings. The lowest BCUT2D eigenvalue weighted by Gasteiger charge is -2.06. The standard InChI is InChI=1S/C13H9F2NO/c14-10-6-7-11(15)12(8-10)16-13(17)9-4-2-1-3-5-9/h1-8H,(H,16,17). The van der Waals surface area contributed by atoms with Crippen LogP contribution in [-0.4, -0.2) is 5.91 Å². The van der Waals surface area contributed by atoms with E-state index in [1.165, 1.54) is 0 Å². The molecule has 1 N–H and O–H groups in total. The second-order valence-electron chi connectivity index (χ2n) is 3.44. The van der Waals surface area contributed by atoms with Gasteiger partial charge in [0.1, 0.15) is 11.6 Å². The molecule has 0 heterocycles. The molecule has 0 atom stereocenters. The summed E-state index contributed by atoms with van der Waals surface area (Å²) in [5, 5.41) is 2.31. The zero-order valence-corrected chi connectivity index (χ0v) is 8.78. The van der Waals surface area contributed by atoms with Crippen molar-refractivity contribution >= 4 is 11.6 Å². The monoisotopic (exact) mass is 233 g/mol. The van der Waals surface area contributed by atoms with Crippen molar-refractivity contribution in [1.82, 2.24) is 0 Å². The third kappa shape index (κ3) is 2.66. The summed E-state index contributed by atoms with van der Waals surface area (Å²) >= 11 is 0. The molecule has 2 aromatic rings. The van der Waals surface area contributed by atoms with Crippen molar-refractivity contribution in [2.45, 2.75) is 0 Å². The lowest BCUT2D eigenvalue weighted by Crippen LogP contribution is -2.12. The lowest BCUT2D eigenvalue weighted by atomic mass is 10.2. The first-order valence-electron chi connectivity index (χ1n) is 4.98. The molecule has 2 rings (SSSR count). The van der Waals surface area contributed by atoms with Crippen LogP contribution in [0.5, 0.6) is 0 Å². The molecule has 0 fully saturated rings. The number of amides is 1. The van der Waals surface area contributed by atoms with Crippen molar-refractivity contribution in [1.29, 1.82) is 0 Å². The van der Waals surface area contributed by atoms with Crippen LogP contribution in [-0.2, 0) is 0 Å². The zero-order chi connectivity index (χ0) is 12.3. The second kappa shape index (κ2) is 4.74. The maximum atomic E-state index is 13.3. The van der Waals surface area contributed by atoms with E-state index in [2.05, 4.69) is 5.32 Å². The number of benzene rings is 2. The largest absolute Gasteiger partial charge is 0.319 e. The first-order chi connectivity index (χ1) is 8.16. The van der Waals surface area contributed by atoms with Crippen LogP contribution in [0.4, 0.5) is 14.5 Å². The van der Waals surface area contributed by atoms with Crippen LogP contribution < -0.4 is 5.32 Å². The maximum absolute atomic E-state index is 13.3. The Bertz CT molecular complexity index is 540. The zero-order valence-electron chi connectivity index (χ0n) is 8.78. The van der Waals surface area contributed by atoms with Crippen molar-refractivity contribution in [3.8, 4) is 0 Å². The topological polar surface area (TPSA) is 29.1 Å². The van der Waals surface area contributed by atoms with E-state index in [9.17, 15) is 13.6 Å². The van der Waals surface area contributed by atoms with Crippen molar-refractivity contribution in [3.63, 3.8) is 0 Å². The molecule has 0 spiro atoms. The van der Waals surface area contributed by atoms with Crippen LogP contribution in [0.1, 0.15) is 10.4 Å². The van der Waals surface area contributed by atoms with Gasteiger partial charge in [-0.15, -0.1) is 0 Å². The van der Waals surface area contributed by atoms with Gasteiger partial charge < -0.3 is 5.32 Å². The number of anilines is 1. The normalized spacial score (nSPS) is 10.0. The van der Waals surface area contributed by atoms with Crippen LogP contribution in [0.2, 0.25) is 0 Å². The van der Waals surface area contributed by atoms with Gasteiger partial charge in [-0.05, 0) is 24.3 Å². The number of hydrogen-bond donors (Lipinski definition) is 1. The van der Waals surface area contributed by atoms with Gasteiger partial charge in [0, 0.05) is 11.6 Å². The lowest BCUT2D eigenvalue weighted by molar-refractivity contribution is 0.102. The molecule has 0 bridgehead atoms. The van der Waals surface area contributed by atoms with Crippen LogP contribution in [0.3, 0.4) is 0 Å². The SMILES string of the molecule is O=C(Nc1cc(F)ccc1F)c1ccccc1. The Morgan fingerprint density at radius 2 is 1.71 bits per heavy atom. The Hall–Kier alpha value is -2.23. The van der Waals surface area contributed by atoms with E-state index in [0.717, 1.165) is 18.2 Å². The number of halogens is 2. The van der Waals surface area contributed by atoms with E-state index in [0.29, 0.717) is 5.56 Å². The fourth-order valence-corrected chi connectivity index (χ4v) is 1.38. The minimum Gasteiger partial charge on any atom is -0.319 e. The molecular formula is C13H9F2NO. The third-order valence-corrected chi connectivity index (χ3v) is 2.21. The van der Waals surface area contributed by atoms with E-state index in [-0.39, 0.29) is 5.69 Å². The Balaban J connectivity index is 2.22. The van der Waals surface area contributed by atoms with Crippen LogP contribution in [0.15, 0.2) is 48.5 Å². The molecule has 17 heavy (non-hydrogen) atoms. The molecule has 0 radical (unpaired) electrons. The number of nitrogens with one attached hydrogen (secondary N) is 1. The first-order valence-corrected chi connectivity index (χ1v) is 4.98. The molecule has 2 nitrogen and oxygen atoms in total. The highest BCUT2D eigenvalue weighted by Gasteiger charge is 2.09. The van der Waals surface area contributed by atoms with Crippen molar-refractivity contribution in [2.75, 3.05) is 5.32 Å². The van der Waals surface area contributed by atoms with E-state index in [1.54, 1.807) is 30.3 Å². The van der Waals surface area contributed by atoms with Crippen LogP contribution >= 0.6 is 0 Å². The molecule has 4 heteroatoms. The summed E-state index contributed by atoms with van der Waals surface area (Å²) in [6.07, 6.45) is 0. The van der Waals surface area contributed by atoms with Gasteiger partial charge in [0.25, 0.3) is 5.91 Å². The summed E-state index contributed by atoms with van der Waals surface area (Å²) < 4.78 is 26.1. The Morgan fingerprint density at radius 1 is 1.00 bits per heavy atom. The Morgan fingerprint density at radius 3 is 2.41 bits per heavy atom. The van der Waals surface area contributed by atoms with Gasteiger partial charge in [0.15, 0.2) is 0 Å². The molecule has 2 aromatic carbocycles. The van der Waals surface area contributed by atoms with E-state index >= 15 is 0 Å². The second-order valence-corrected chi connectivity index (χ2v) is 3.44. The van der Waals surface area contributed by atoms with Crippen LogP contribution in [0.25, 0.3) is 0 Å². The van der Waals surface area contributed by atoms with E-state index in [4.69, 9.17) is 0 Å². The van der Waals surface area contributed by atoms with Gasteiger partial charge in [0.2, 0.25) is 0 Å². The minimum absolute atomic E-state index is 0.168. The average Bonchev–Trinajstić information content (AvgIpc) is 2.35. The Kier molecular flexibility index (Phi) is 3.14. The number of carbonyl (C=O) groups excluding carboxylic acids is 1. The number of rotatable bonds is 2.